The fourth-order valence-electron chi connectivity index (χ4n) is 2.66. The van der Waals surface area contributed by atoms with Gasteiger partial charge in [-0.2, -0.15) is 0 Å². The van der Waals surface area contributed by atoms with Crippen molar-refractivity contribution < 1.29 is 19.1 Å². The smallest absolute Gasteiger partial charge is 0.260 e. The van der Waals surface area contributed by atoms with E-state index in [1.807, 2.05) is 6.07 Å². The second-order valence-corrected chi connectivity index (χ2v) is 5.36. The van der Waals surface area contributed by atoms with Crippen LogP contribution in [0, 0.1) is 0 Å². The highest BCUT2D eigenvalue weighted by Crippen LogP contribution is 2.25. The first-order valence-electron chi connectivity index (χ1n) is 6.96. The molecule has 0 radical (unpaired) electrons. The summed E-state index contributed by atoms with van der Waals surface area (Å²) in [5, 5.41) is 0. The molecule has 0 bridgehead atoms. The van der Waals surface area contributed by atoms with E-state index in [0.29, 0.717) is 25.4 Å². The van der Waals surface area contributed by atoms with Gasteiger partial charge in [0.15, 0.2) is 0 Å². The van der Waals surface area contributed by atoms with Crippen molar-refractivity contribution in [2.24, 2.45) is 5.73 Å². The molecule has 21 heavy (non-hydrogen) atoms. The van der Waals surface area contributed by atoms with Crippen LogP contribution in [0.4, 0.5) is 0 Å². The lowest BCUT2D eigenvalue weighted by Crippen LogP contribution is -2.40. The molecule has 0 saturated carbocycles. The largest absolute Gasteiger partial charge is 0.376 e. The second-order valence-electron chi connectivity index (χ2n) is 5.36. The van der Waals surface area contributed by atoms with Crippen molar-refractivity contribution in [2.75, 3.05) is 26.9 Å². The Morgan fingerprint density at radius 2 is 2.14 bits per heavy atom. The lowest BCUT2D eigenvalue weighted by molar-refractivity contribution is -0.127. The van der Waals surface area contributed by atoms with Gasteiger partial charge in [0, 0.05) is 12.6 Å². The quantitative estimate of drug-likeness (QED) is 0.790. The summed E-state index contributed by atoms with van der Waals surface area (Å²) in [6.45, 7) is 1.56. The van der Waals surface area contributed by atoms with E-state index < -0.39 is 0 Å². The number of rotatable bonds is 2. The van der Waals surface area contributed by atoms with Crippen LogP contribution in [0.25, 0.3) is 0 Å². The lowest BCUT2D eigenvalue weighted by Gasteiger charge is -2.29. The van der Waals surface area contributed by atoms with Crippen molar-refractivity contribution in [3.63, 3.8) is 0 Å². The van der Waals surface area contributed by atoms with Crippen molar-refractivity contribution in [3.05, 3.63) is 34.9 Å². The molecule has 1 saturated heterocycles. The first-order valence-corrected chi connectivity index (χ1v) is 6.96. The third kappa shape index (κ3) is 2.57. The maximum absolute atomic E-state index is 12.2. The Morgan fingerprint density at radius 1 is 1.33 bits per heavy atom. The van der Waals surface area contributed by atoms with E-state index in [4.69, 9.17) is 15.2 Å². The average Bonchev–Trinajstić information content (AvgIpc) is 2.53. The van der Waals surface area contributed by atoms with Crippen LogP contribution in [-0.2, 0) is 20.7 Å². The SMILES string of the molecule is CN1C(=O)Cc2ccc(C(N)C3COCCO3)cc2C1=O. The van der Waals surface area contributed by atoms with E-state index in [-0.39, 0.29) is 30.4 Å². The van der Waals surface area contributed by atoms with E-state index in [2.05, 4.69) is 0 Å². The molecule has 1 fully saturated rings. The predicted molar refractivity (Wildman–Crippen MR) is 74.7 cm³/mol. The minimum absolute atomic E-state index is 0.187. The van der Waals surface area contributed by atoms with Gasteiger partial charge in [0.05, 0.1) is 32.3 Å². The Balaban J connectivity index is 1.88. The molecule has 1 aromatic carbocycles. The molecule has 2 N–H and O–H groups in total. The summed E-state index contributed by atoms with van der Waals surface area (Å²) in [6, 6.07) is 5.07. The van der Waals surface area contributed by atoms with Gasteiger partial charge in [-0.05, 0) is 17.2 Å². The molecule has 0 aromatic heterocycles. The zero-order valence-electron chi connectivity index (χ0n) is 11.9. The van der Waals surface area contributed by atoms with Gasteiger partial charge in [-0.3, -0.25) is 14.5 Å². The molecule has 6 heteroatoms. The summed E-state index contributed by atoms with van der Waals surface area (Å²) >= 11 is 0. The van der Waals surface area contributed by atoms with Crippen molar-refractivity contribution >= 4 is 11.8 Å². The highest BCUT2D eigenvalue weighted by molar-refractivity contribution is 6.09. The Kier molecular flexibility index (Phi) is 3.75. The van der Waals surface area contributed by atoms with E-state index in [9.17, 15) is 9.59 Å². The van der Waals surface area contributed by atoms with Gasteiger partial charge in [-0.1, -0.05) is 12.1 Å². The summed E-state index contributed by atoms with van der Waals surface area (Å²) in [5.41, 5.74) is 8.33. The summed E-state index contributed by atoms with van der Waals surface area (Å²) in [5.74, 6) is -0.468. The Morgan fingerprint density at radius 3 is 2.86 bits per heavy atom. The number of imide groups is 1. The van der Waals surface area contributed by atoms with Crippen LogP contribution in [0.2, 0.25) is 0 Å². The van der Waals surface area contributed by atoms with E-state index in [0.717, 1.165) is 16.0 Å². The van der Waals surface area contributed by atoms with E-state index in [1.54, 1.807) is 12.1 Å². The van der Waals surface area contributed by atoms with Crippen LogP contribution in [0.1, 0.15) is 27.5 Å². The van der Waals surface area contributed by atoms with Crippen LogP contribution in [0.3, 0.4) is 0 Å². The fourth-order valence-corrected chi connectivity index (χ4v) is 2.66. The third-order valence-corrected chi connectivity index (χ3v) is 4.01. The van der Waals surface area contributed by atoms with Gasteiger partial charge in [0.1, 0.15) is 6.10 Å². The van der Waals surface area contributed by atoms with Crippen LogP contribution in [0.5, 0.6) is 0 Å². The first kappa shape index (κ1) is 14.2. The molecule has 2 atom stereocenters. The summed E-state index contributed by atoms with van der Waals surface area (Å²) in [7, 11) is 1.50. The summed E-state index contributed by atoms with van der Waals surface area (Å²) in [4.78, 5) is 25.0. The summed E-state index contributed by atoms with van der Waals surface area (Å²) in [6.07, 6.45) is 0.0331. The standard InChI is InChI=1S/C15H18N2O4/c1-17-13(18)7-9-2-3-10(6-11(9)15(17)19)14(16)12-8-20-4-5-21-12/h2-3,6,12,14H,4-5,7-8,16H2,1H3. The fraction of sp³-hybridized carbons (Fsp3) is 0.467. The molecular weight excluding hydrogens is 272 g/mol. The predicted octanol–water partition coefficient (Wildman–Crippen LogP) is 0.257. The van der Waals surface area contributed by atoms with Crippen molar-refractivity contribution in [3.8, 4) is 0 Å². The topological polar surface area (TPSA) is 81.9 Å². The molecular formula is C15H18N2O4. The van der Waals surface area contributed by atoms with E-state index >= 15 is 0 Å². The number of fused-ring (bicyclic) bond motifs is 1. The molecule has 2 amide bonds. The van der Waals surface area contributed by atoms with Crippen molar-refractivity contribution in [1.29, 1.82) is 0 Å². The molecule has 1 aromatic rings. The number of nitrogens with zero attached hydrogens (tertiary/aromatic N) is 1. The number of hydrogen-bond donors (Lipinski definition) is 1. The minimum Gasteiger partial charge on any atom is -0.376 e. The monoisotopic (exact) mass is 290 g/mol. The van der Waals surface area contributed by atoms with Gasteiger partial charge in [-0.15, -0.1) is 0 Å². The number of benzene rings is 1. The van der Waals surface area contributed by atoms with Crippen LogP contribution >= 0.6 is 0 Å². The van der Waals surface area contributed by atoms with Crippen LogP contribution in [-0.4, -0.2) is 49.7 Å². The number of carbonyl (C=O) groups is 2. The molecule has 2 unspecified atom stereocenters. The molecule has 0 aliphatic carbocycles. The first-order chi connectivity index (χ1) is 10.1. The van der Waals surface area contributed by atoms with Gasteiger partial charge in [0.2, 0.25) is 5.91 Å². The minimum atomic E-state index is -0.355. The Hall–Kier alpha value is -1.76. The zero-order valence-corrected chi connectivity index (χ0v) is 11.9. The molecule has 0 spiro atoms. The number of nitrogens with two attached hydrogens (primary N) is 1. The van der Waals surface area contributed by atoms with E-state index in [1.165, 1.54) is 7.05 Å². The highest BCUT2D eigenvalue weighted by atomic mass is 16.6. The maximum atomic E-state index is 12.2. The number of ether oxygens (including phenoxy) is 2. The molecule has 2 aliphatic rings. The lowest BCUT2D eigenvalue weighted by atomic mass is 9.93. The van der Waals surface area contributed by atoms with Gasteiger partial charge >= 0.3 is 0 Å². The number of likely N-dealkylation sites (N-methyl/N-ethyl adjacent to an activating group) is 1. The van der Waals surface area contributed by atoms with Crippen molar-refractivity contribution in [2.45, 2.75) is 18.6 Å². The average molecular weight is 290 g/mol. The number of carbonyl (C=O) groups excluding carboxylic acids is 2. The summed E-state index contributed by atoms with van der Waals surface area (Å²) < 4.78 is 11.0. The molecule has 2 heterocycles. The molecule has 112 valence electrons. The maximum Gasteiger partial charge on any atom is 0.260 e. The molecule has 3 rings (SSSR count). The van der Waals surface area contributed by atoms with Gasteiger partial charge < -0.3 is 15.2 Å². The Labute approximate surface area is 122 Å². The number of amides is 2. The third-order valence-electron chi connectivity index (χ3n) is 4.01. The number of hydrogen-bond acceptors (Lipinski definition) is 5. The highest BCUT2D eigenvalue weighted by Gasteiger charge is 2.30. The van der Waals surface area contributed by atoms with Crippen LogP contribution < -0.4 is 5.73 Å². The second kappa shape index (κ2) is 5.55. The van der Waals surface area contributed by atoms with Gasteiger partial charge in [0.25, 0.3) is 5.91 Å². The van der Waals surface area contributed by atoms with Crippen molar-refractivity contribution in [1.82, 2.24) is 4.90 Å². The molecule has 2 aliphatic heterocycles. The molecule has 6 nitrogen and oxygen atoms in total. The zero-order chi connectivity index (χ0) is 15.0. The van der Waals surface area contributed by atoms with Crippen LogP contribution in [0.15, 0.2) is 18.2 Å². The van der Waals surface area contributed by atoms with Gasteiger partial charge in [-0.25, -0.2) is 0 Å². The Bertz CT molecular complexity index is 581. The normalized spacial score (nSPS) is 23.9.